The van der Waals surface area contributed by atoms with Gasteiger partial charge in [0.2, 0.25) is 10.0 Å². The van der Waals surface area contributed by atoms with Crippen LogP contribution in [-0.2, 0) is 10.0 Å². The minimum atomic E-state index is -3.30. The van der Waals surface area contributed by atoms with Gasteiger partial charge in [-0.1, -0.05) is 43.9 Å². The van der Waals surface area contributed by atoms with Crippen LogP contribution in [0, 0.1) is 5.92 Å². The van der Waals surface area contributed by atoms with Gasteiger partial charge in [0.15, 0.2) is 0 Å². The molecule has 4 heteroatoms. The van der Waals surface area contributed by atoms with Crippen LogP contribution in [-0.4, -0.2) is 15.0 Å². The molecule has 3 nitrogen and oxygen atoms in total. The largest absolute Gasteiger partial charge is 0.240 e. The van der Waals surface area contributed by atoms with Gasteiger partial charge >= 0.3 is 0 Å². The predicted octanol–water partition coefficient (Wildman–Crippen LogP) is 2.55. The summed E-state index contributed by atoms with van der Waals surface area (Å²) in [5, 5.41) is 0. The highest BCUT2D eigenvalue weighted by atomic mass is 32.2. The van der Waals surface area contributed by atoms with Crippen molar-refractivity contribution in [2.45, 2.75) is 37.0 Å². The third-order valence-corrected chi connectivity index (χ3v) is 4.85. The monoisotopic (exact) mass is 253 g/mol. The summed E-state index contributed by atoms with van der Waals surface area (Å²) in [5.41, 5.74) is 0. The molecule has 0 aromatic heterocycles. The van der Waals surface area contributed by atoms with Gasteiger partial charge in [-0.2, -0.15) is 0 Å². The van der Waals surface area contributed by atoms with E-state index < -0.39 is 10.0 Å². The first-order chi connectivity index (χ1) is 8.18. The molecule has 1 saturated carbocycles. The molecule has 1 aromatic carbocycles. The van der Waals surface area contributed by atoms with E-state index in [-0.39, 0.29) is 0 Å². The summed E-state index contributed by atoms with van der Waals surface area (Å²) in [6, 6.07) is 8.55. The number of benzene rings is 1. The molecule has 94 valence electrons. The molecule has 1 aliphatic carbocycles. The van der Waals surface area contributed by atoms with Gasteiger partial charge < -0.3 is 0 Å². The van der Waals surface area contributed by atoms with E-state index in [4.69, 9.17) is 0 Å². The van der Waals surface area contributed by atoms with Crippen LogP contribution in [0.15, 0.2) is 35.2 Å². The second kappa shape index (κ2) is 5.65. The number of nitrogens with one attached hydrogen (secondary N) is 1. The molecule has 0 aliphatic heterocycles. The van der Waals surface area contributed by atoms with Gasteiger partial charge in [0, 0.05) is 6.54 Å². The Kier molecular flexibility index (Phi) is 4.18. The summed E-state index contributed by atoms with van der Waals surface area (Å²) in [6.07, 6.45) is 6.08. The van der Waals surface area contributed by atoms with Crippen molar-refractivity contribution < 1.29 is 8.42 Å². The smallest absolute Gasteiger partial charge is 0.211 e. The molecular formula is C13H19NO2S. The summed E-state index contributed by atoms with van der Waals surface area (Å²) in [5.74, 6) is 0.716. The highest BCUT2D eigenvalue weighted by molar-refractivity contribution is 7.89. The zero-order chi connectivity index (χ0) is 12.1. The van der Waals surface area contributed by atoms with Crippen molar-refractivity contribution in [3.8, 4) is 0 Å². The molecular weight excluding hydrogens is 234 g/mol. The standard InChI is InChI=1S/C13H19NO2S/c15-17(16,13-8-2-1-3-9-13)14-11-10-12-6-4-5-7-12/h1-3,8-9,12,14H,4-7,10-11H2. The van der Waals surface area contributed by atoms with Crippen molar-refractivity contribution in [3.05, 3.63) is 30.3 Å². The van der Waals surface area contributed by atoms with Crippen LogP contribution in [0.4, 0.5) is 0 Å². The van der Waals surface area contributed by atoms with Gasteiger partial charge in [-0.05, 0) is 24.5 Å². The van der Waals surface area contributed by atoms with Crippen LogP contribution in [0.1, 0.15) is 32.1 Å². The number of sulfonamides is 1. The molecule has 0 heterocycles. The molecule has 0 saturated heterocycles. The number of hydrogen-bond acceptors (Lipinski definition) is 2. The van der Waals surface area contributed by atoms with Crippen LogP contribution in [0.25, 0.3) is 0 Å². The average molecular weight is 253 g/mol. The lowest BCUT2D eigenvalue weighted by Gasteiger charge is -2.10. The molecule has 1 aromatic rings. The quantitative estimate of drug-likeness (QED) is 0.876. The van der Waals surface area contributed by atoms with E-state index in [1.54, 1.807) is 24.3 Å². The van der Waals surface area contributed by atoms with Crippen molar-refractivity contribution in [2.24, 2.45) is 5.92 Å². The fourth-order valence-corrected chi connectivity index (χ4v) is 3.45. The normalized spacial score (nSPS) is 17.4. The minimum Gasteiger partial charge on any atom is -0.211 e. The third-order valence-electron chi connectivity index (χ3n) is 3.37. The van der Waals surface area contributed by atoms with Gasteiger partial charge in [-0.25, -0.2) is 13.1 Å². The molecule has 0 atom stereocenters. The number of hydrogen-bond donors (Lipinski definition) is 1. The second-order valence-corrected chi connectivity index (χ2v) is 6.42. The molecule has 0 bridgehead atoms. The maximum absolute atomic E-state index is 11.9. The Balaban J connectivity index is 1.85. The molecule has 1 fully saturated rings. The van der Waals surface area contributed by atoms with E-state index in [1.165, 1.54) is 25.7 Å². The summed E-state index contributed by atoms with van der Waals surface area (Å²) >= 11 is 0. The van der Waals surface area contributed by atoms with E-state index in [0.29, 0.717) is 17.4 Å². The van der Waals surface area contributed by atoms with Crippen molar-refractivity contribution in [3.63, 3.8) is 0 Å². The third kappa shape index (κ3) is 3.54. The molecule has 2 rings (SSSR count). The molecule has 0 amide bonds. The van der Waals surface area contributed by atoms with Gasteiger partial charge in [0.25, 0.3) is 0 Å². The van der Waals surface area contributed by atoms with Gasteiger partial charge in [-0.3, -0.25) is 0 Å². The molecule has 0 spiro atoms. The summed E-state index contributed by atoms with van der Waals surface area (Å²) in [6.45, 7) is 0.557. The van der Waals surface area contributed by atoms with E-state index >= 15 is 0 Å². The Bertz CT molecular complexity index is 436. The van der Waals surface area contributed by atoms with Gasteiger partial charge in [-0.15, -0.1) is 0 Å². The molecule has 1 aliphatic rings. The maximum atomic E-state index is 11.9. The summed E-state index contributed by atoms with van der Waals surface area (Å²) < 4.78 is 26.5. The topological polar surface area (TPSA) is 46.2 Å². The van der Waals surface area contributed by atoms with E-state index in [2.05, 4.69) is 4.72 Å². The average Bonchev–Trinajstić information content (AvgIpc) is 2.83. The summed E-state index contributed by atoms with van der Waals surface area (Å²) in [7, 11) is -3.30. The van der Waals surface area contributed by atoms with E-state index in [1.807, 2.05) is 6.07 Å². The first-order valence-electron chi connectivity index (χ1n) is 6.23. The Morgan fingerprint density at radius 2 is 1.76 bits per heavy atom. The van der Waals surface area contributed by atoms with E-state index in [0.717, 1.165) is 6.42 Å². The highest BCUT2D eigenvalue weighted by Crippen LogP contribution is 2.27. The second-order valence-electron chi connectivity index (χ2n) is 4.65. The highest BCUT2D eigenvalue weighted by Gasteiger charge is 2.17. The molecule has 0 unspecified atom stereocenters. The van der Waals surface area contributed by atoms with Crippen LogP contribution in [0.5, 0.6) is 0 Å². The SMILES string of the molecule is O=S(=O)(NCCC1CCCC1)c1ccccc1. The maximum Gasteiger partial charge on any atom is 0.240 e. The zero-order valence-corrected chi connectivity index (χ0v) is 10.7. The van der Waals surface area contributed by atoms with Crippen molar-refractivity contribution in [1.29, 1.82) is 0 Å². The molecule has 1 N–H and O–H groups in total. The fraction of sp³-hybridized carbons (Fsp3) is 0.538. The van der Waals surface area contributed by atoms with Gasteiger partial charge in [0.1, 0.15) is 0 Å². The Hall–Kier alpha value is -0.870. The zero-order valence-electron chi connectivity index (χ0n) is 9.93. The minimum absolute atomic E-state index is 0.353. The Morgan fingerprint density at radius 3 is 2.41 bits per heavy atom. The lowest BCUT2D eigenvalue weighted by atomic mass is 10.1. The van der Waals surface area contributed by atoms with Crippen molar-refractivity contribution >= 4 is 10.0 Å². The Morgan fingerprint density at radius 1 is 1.12 bits per heavy atom. The summed E-state index contributed by atoms with van der Waals surface area (Å²) in [4.78, 5) is 0.353. The van der Waals surface area contributed by atoms with Crippen LogP contribution >= 0.6 is 0 Å². The molecule has 17 heavy (non-hydrogen) atoms. The van der Waals surface area contributed by atoms with Crippen molar-refractivity contribution in [2.75, 3.05) is 6.54 Å². The van der Waals surface area contributed by atoms with Gasteiger partial charge in [0.05, 0.1) is 4.90 Å². The molecule has 0 radical (unpaired) electrons. The number of rotatable bonds is 5. The first kappa shape index (κ1) is 12.6. The van der Waals surface area contributed by atoms with E-state index in [9.17, 15) is 8.42 Å². The van der Waals surface area contributed by atoms with Crippen molar-refractivity contribution in [1.82, 2.24) is 4.72 Å². The van der Waals surface area contributed by atoms with Crippen LogP contribution in [0.3, 0.4) is 0 Å². The predicted molar refractivity (Wildman–Crippen MR) is 68.2 cm³/mol. The lowest BCUT2D eigenvalue weighted by molar-refractivity contribution is 0.495. The Labute approximate surface area is 103 Å². The fourth-order valence-electron chi connectivity index (χ4n) is 2.38. The first-order valence-corrected chi connectivity index (χ1v) is 7.71. The van der Waals surface area contributed by atoms with Crippen LogP contribution in [0.2, 0.25) is 0 Å². The lowest BCUT2D eigenvalue weighted by Crippen LogP contribution is -2.25. The van der Waals surface area contributed by atoms with Crippen LogP contribution < -0.4 is 4.72 Å².